The fraction of sp³-hybridized carbons (Fsp3) is 0.846. The van der Waals surface area contributed by atoms with E-state index in [4.69, 9.17) is 0 Å². The van der Waals surface area contributed by atoms with Crippen LogP contribution in [0.3, 0.4) is 0 Å². The van der Waals surface area contributed by atoms with Crippen LogP contribution in [0, 0.1) is 59.2 Å². The second kappa shape index (κ2) is 30.6. The van der Waals surface area contributed by atoms with E-state index in [9.17, 15) is 47.9 Å². The fourth-order valence-electron chi connectivity index (χ4n) is 14.8. The molecular weight excluding hydrogens is 1080 g/mol. The summed E-state index contributed by atoms with van der Waals surface area (Å²) >= 11 is 0. The van der Waals surface area contributed by atoms with E-state index in [1.54, 1.807) is 59.7 Å². The molecule has 15 atom stereocenters. The number of likely N-dealkylation sites (N-methyl/N-ethyl adjacent to an activating group) is 5. The second-order valence-electron chi connectivity index (χ2n) is 29.0. The first kappa shape index (κ1) is 68.8. The summed E-state index contributed by atoms with van der Waals surface area (Å²) in [4.78, 5) is 151. The Morgan fingerprint density at radius 2 is 0.412 bits per heavy atom. The lowest BCUT2D eigenvalue weighted by Gasteiger charge is -2.32. The zero-order valence-electron chi connectivity index (χ0n) is 54.5. The second-order valence-corrected chi connectivity index (χ2v) is 29.0. The van der Waals surface area contributed by atoms with Crippen LogP contribution < -0.4 is 26.6 Å². The molecule has 0 aromatic heterocycles. The van der Waals surface area contributed by atoms with Crippen LogP contribution in [0.1, 0.15) is 198 Å². The number of amides is 10. The molecule has 1 aliphatic heterocycles. The Hall–Kier alpha value is -5.30. The monoisotopic (exact) mass is 1190 g/mol. The lowest BCUT2D eigenvalue weighted by atomic mass is 9.98. The molecule has 1 saturated heterocycles. The number of carbonyl (C=O) groups is 10. The van der Waals surface area contributed by atoms with E-state index in [0.717, 1.165) is 0 Å². The third-order valence-electron chi connectivity index (χ3n) is 20.0. The number of rotatable bonds is 10. The van der Waals surface area contributed by atoms with Crippen molar-refractivity contribution in [3.63, 3.8) is 0 Å². The van der Waals surface area contributed by atoms with Gasteiger partial charge in [-0.05, 0) is 158 Å². The normalized spacial score (nSPS) is 33.6. The molecule has 1 heterocycles. The number of hydrogen-bond donors (Lipinski definition) is 5. The van der Waals surface area contributed by atoms with E-state index in [2.05, 4.69) is 26.6 Å². The maximum absolute atomic E-state index is 14.4. The highest BCUT2D eigenvalue weighted by Gasteiger charge is 2.45. The molecule has 85 heavy (non-hydrogen) atoms. The smallest absolute Gasteiger partial charge is 0.245 e. The third kappa shape index (κ3) is 18.2. The van der Waals surface area contributed by atoms with Crippen molar-refractivity contribution in [3.05, 3.63) is 0 Å². The van der Waals surface area contributed by atoms with E-state index < -0.39 is 59.8 Å². The van der Waals surface area contributed by atoms with Crippen molar-refractivity contribution in [1.82, 2.24) is 51.1 Å². The largest absolute Gasteiger partial charge is 0.344 e. The molecule has 0 aromatic carbocycles. The Balaban J connectivity index is 1.22. The van der Waals surface area contributed by atoms with E-state index >= 15 is 0 Å². The topological polar surface area (TPSA) is 247 Å². The number of nitrogens with zero attached hydrogens (tertiary/aromatic N) is 5. The standard InChI is InChI=1S/C65H110N10O10/c1-36(2)26-51-61(81)71(11)46-21-17-42(32-46)57(77)67-53(28-38(5)6)63(83)73(13)48-23-19-44(34-48)59(79)69-55(30-40(9)10)65(85)75(15)50-25-20-45(35-50)60(80)70-54(29-39(7)8)64(84)74(14)49-24-18-43(33-49)58(78)68-52(27-37(3)4)62(82)72(12)47-22-16-41(31-47)56(76)66-51/h36-55H,16-35H2,1-15H3,(H,66,76)(H,67,77)(H,68,78)(H,69,79)(H,70,80)/t41-,42-,43-,44-,45-,46+,47+,48+,49+,50+,51-,52-,53-,54-,55-/m1/s1. The Bertz CT molecular complexity index is 2010. The predicted octanol–water partition coefficient (Wildman–Crippen LogP) is 5.79. The van der Waals surface area contributed by atoms with Crippen molar-refractivity contribution in [2.75, 3.05) is 35.2 Å². The maximum Gasteiger partial charge on any atom is 0.245 e. The van der Waals surface area contributed by atoms with Crippen molar-refractivity contribution in [3.8, 4) is 0 Å². The van der Waals surface area contributed by atoms with Gasteiger partial charge in [0, 0.05) is 95.0 Å². The molecule has 6 aliphatic rings. The van der Waals surface area contributed by atoms with Gasteiger partial charge in [0.05, 0.1) is 0 Å². The average molecular weight is 1190 g/mol. The first-order valence-electron chi connectivity index (χ1n) is 32.8. The fourth-order valence-corrected chi connectivity index (χ4v) is 14.8. The summed E-state index contributed by atoms with van der Waals surface area (Å²) in [5.41, 5.74) is 0. The molecule has 5 saturated carbocycles. The van der Waals surface area contributed by atoms with Crippen LogP contribution in [0.5, 0.6) is 0 Å². The predicted molar refractivity (Wildman–Crippen MR) is 326 cm³/mol. The van der Waals surface area contributed by atoms with Crippen LogP contribution in [0.15, 0.2) is 0 Å². The Labute approximate surface area is 508 Å². The van der Waals surface area contributed by atoms with Crippen molar-refractivity contribution in [2.45, 2.75) is 258 Å². The highest BCUT2D eigenvalue weighted by molar-refractivity contribution is 5.93. The molecule has 480 valence electrons. The minimum absolute atomic E-state index is 0.0807. The van der Waals surface area contributed by atoms with Gasteiger partial charge in [0.2, 0.25) is 59.1 Å². The van der Waals surface area contributed by atoms with Crippen molar-refractivity contribution < 1.29 is 47.9 Å². The summed E-state index contributed by atoms with van der Waals surface area (Å²) in [6.45, 7) is 20.0. The van der Waals surface area contributed by atoms with Crippen molar-refractivity contribution >= 4 is 59.1 Å². The van der Waals surface area contributed by atoms with Crippen molar-refractivity contribution in [2.24, 2.45) is 59.2 Å². The zero-order valence-corrected chi connectivity index (χ0v) is 54.5. The summed E-state index contributed by atoms with van der Waals surface area (Å²) in [6.07, 6.45) is 9.64. The molecule has 0 unspecified atom stereocenters. The SMILES string of the molecule is CC(C)C[C@H]1NC(=O)[C@@H]2CC[C@@H](C2)N(C)C(=O)[C@@H](CC(C)C)NC(=O)[C@@H]2CC[C@@H](C2)N(C)C(=O)[C@@H](CC(C)C)NC(=O)[C@@H]2CC[C@@H](C2)N(C)C(=O)[C@@H](CC(C)C)NC(=O)[C@@H]2CC[C@@H](C2)N(C)C(=O)[C@@H](CC(C)C)NC(=O)[C@@H]2CC[C@@H](C2)N(C)C1=O. The molecule has 6 fully saturated rings. The highest BCUT2D eigenvalue weighted by Crippen LogP contribution is 2.36. The summed E-state index contributed by atoms with van der Waals surface area (Å²) in [6, 6.07) is -5.28. The van der Waals surface area contributed by atoms with Gasteiger partial charge in [-0.25, -0.2) is 0 Å². The Kier molecular flexibility index (Phi) is 24.7. The Morgan fingerprint density at radius 1 is 0.271 bits per heavy atom. The van der Waals surface area contributed by atoms with Crippen LogP contribution in [-0.4, -0.2) is 179 Å². The van der Waals surface area contributed by atoms with E-state index in [1.165, 1.54) is 0 Å². The maximum atomic E-state index is 14.4. The molecule has 10 amide bonds. The van der Waals surface area contributed by atoms with Crippen LogP contribution >= 0.6 is 0 Å². The highest BCUT2D eigenvalue weighted by atomic mass is 16.2. The lowest BCUT2D eigenvalue weighted by Crippen LogP contribution is -2.53. The van der Waals surface area contributed by atoms with Gasteiger partial charge in [-0.3, -0.25) is 47.9 Å². The molecule has 20 heteroatoms. The molecule has 0 spiro atoms. The van der Waals surface area contributed by atoms with Crippen molar-refractivity contribution in [1.29, 1.82) is 0 Å². The van der Waals surface area contributed by atoms with Crippen LogP contribution in [0.4, 0.5) is 0 Å². The summed E-state index contributed by atoms with van der Waals surface area (Å²) in [5, 5.41) is 15.5. The molecule has 0 aromatic rings. The summed E-state index contributed by atoms with van der Waals surface area (Å²) < 4.78 is 0. The molecule has 5 N–H and O–H groups in total. The molecule has 0 radical (unpaired) electrons. The first-order valence-corrected chi connectivity index (χ1v) is 32.8. The number of hydrogen-bond acceptors (Lipinski definition) is 10. The van der Waals surface area contributed by atoms with E-state index in [0.29, 0.717) is 128 Å². The quantitative estimate of drug-likeness (QED) is 0.176. The van der Waals surface area contributed by atoms with Gasteiger partial charge >= 0.3 is 0 Å². The van der Waals surface area contributed by atoms with Gasteiger partial charge in [-0.1, -0.05) is 69.2 Å². The molecule has 20 nitrogen and oxygen atoms in total. The molecule has 5 aliphatic carbocycles. The van der Waals surface area contributed by atoms with Gasteiger partial charge in [0.15, 0.2) is 0 Å². The van der Waals surface area contributed by atoms with Gasteiger partial charge in [0.1, 0.15) is 30.2 Å². The third-order valence-corrected chi connectivity index (χ3v) is 20.0. The van der Waals surface area contributed by atoms with Crippen LogP contribution in [0.2, 0.25) is 0 Å². The average Bonchev–Trinajstić information content (AvgIpc) is 3.90. The van der Waals surface area contributed by atoms with Gasteiger partial charge in [-0.15, -0.1) is 0 Å². The number of carbonyl (C=O) groups excluding carboxylic acids is 10. The van der Waals surface area contributed by atoms with Crippen LogP contribution in [-0.2, 0) is 47.9 Å². The Morgan fingerprint density at radius 3 is 0.541 bits per heavy atom. The van der Waals surface area contributed by atoms with Crippen LogP contribution in [0.25, 0.3) is 0 Å². The summed E-state index contributed by atoms with van der Waals surface area (Å²) in [5.74, 6) is -4.09. The van der Waals surface area contributed by atoms with E-state index in [1.807, 2.05) is 69.2 Å². The van der Waals surface area contributed by atoms with Gasteiger partial charge in [0.25, 0.3) is 0 Å². The molecule has 10 bridgehead atoms. The number of fused-ring (bicyclic) bond motifs is 10. The lowest BCUT2D eigenvalue weighted by molar-refractivity contribution is -0.139. The molecule has 6 rings (SSSR count). The zero-order chi connectivity index (χ0) is 62.9. The summed E-state index contributed by atoms with van der Waals surface area (Å²) in [7, 11) is 8.69. The molecular formula is C65H110N10O10. The van der Waals surface area contributed by atoms with Gasteiger partial charge in [-0.2, -0.15) is 0 Å². The first-order chi connectivity index (χ1) is 39.9. The van der Waals surface area contributed by atoms with E-state index in [-0.39, 0.29) is 119 Å². The minimum Gasteiger partial charge on any atom is -0.344 e. The minimum atomic E-state index is -0.796. The van der Waals surface area contributed by atoms with Gasteiger partial charge < -0.3 is 51.1 Å². The number of nitrogens with one attached hydrogen (secondary N) is 5.